The topological polar surface area (TPSA) is 12.9 Å². The Hall–Kier alpha value is -1.67. The Morgan fingerprint density at radius 2 is 1.75 bits per heavy atom. The van der Waals surface area contributed by atoms with Gasteiger partial charge >= 0.3 is 0 Å². The van der Waals surface area contributed by atoms with Gasteiger partial charge in [0.1, 0.15) is 0 Å². The zero-order valence-electron chi connectivity index (χ0n) is 15.0. The third-order valence-corrected chi connectivity index (χ3v) is 5.50. The molecular weight excluding hydrogens is 310 g/mol. The van der Waals surface area contributed by atoms with E-state index in [-0.39, 0.29) is 0 Å². The van der Waals surface area contributed by atoms with Crippen molar-refractivity contribution in [2.45, 2.75) is 58.8 Å². The molecule has 0 aliphatic heterocycles. The normalized spacial score (nSPS) is 11.5. The number of unbranched alkanes of at least 4 members (excludes halogenated alkanes) is 3. The Balaban J connectivity index is 2.14. The summed E-state index contributed by atoms with van der Waals surface area (Å²) in [5, 5.41) is 4.89. The summed E-state index contributed by atoms with van der Waals surface area (Å²) >= 11 is 1.80. The van der Waals surface area contributed by atoms with Gasteiger partial charge in [-0.25, -0.2) is 0 Å². The van der Waals surface area contributed by atoms with Crippen molar-refractivity contribution >= 4 is 22.1 Å². The quantitative estimate of drug-likeness (QED) is 0.415. The minimum absolute atomic E-state index is 0.433. The summed E-state index contributed by atoms with van der Waals surface area (Å²) < 4.78 is 0. The molecule has 1 aromatic carbocycles. The predicted molar refractivity (Wildman–Crippen MR) is 107 cm³/mol. The molecule has 0 aliphatic carbocycles. The molecule has 24 heavy (non-hydrogen) atoms. The number of aromatic nitrogens is 1. The minimum atomic E-state index is 0.433. The van der Waals surface area contributed by atoms with Crippen LogP contribution in [0.1, 0.15) is 63.6 Å². The summed E-state index contributed by atoms with van der Waals surface area (Å²) in [7, 11) is 0. The average molecular weight is 338 g/mol. The van der Waals surface area contributed by atoms with Gasteiger partial charge in [0, 0.05) is 5.39 Å². The van der Waals surface area contributed by atoms with E-state index in [1.807, 2.05) is 0 Å². The van der Waals surface area contributed by atoms with Gasteiger partial charge < -0.3 is 0 Å². The van der Waals surface area contributed by atoms with Crippen molar-refractivity contribution < 1.29 is 0 Å². The van der Waals surface area contributed by atoms with E-state index in [0.717, 1.165) is 6.42 Å². The predicted octanol–water partition coefficient (Wildman–Crippen LogP) is 7.21. The first kappa shape index (κ1) is 17.2. The maximum absolute atomic E-state index is 5.15. The van der Waals surface area contributed by atoms with Gasteiger partial charge in [0.25, 0.3) is 0 Å². The molecule has 3 aromatic rings. The molecule has 0 atom stereocenters. The van der Waals surface area contributed by atoms with Crippen molar-refractivity contribution in [2.75, 3.05) is 0 Å². The van der Waals surface area contributed by atoms with Gasteiger partial charge in [0.05, 0.1) is 16.3 Å². The fourth-order valence-electron chi connectivity index (χ4n) is 3.38. The second-order valence-electron chi connectivity index (χ2n) is 6.81. The highest BCUT2D eigenvalue weighted by atomic mass is 32.1. The maximum Gasteiger partial charge on any atom is 0.0843 e. The van der Waals surface area contributed by atoms with Crippen LogP contribution in [0, 0.1) is 0 Å². The zero-order valence-corrected chi connectivity index (χ0v) is 15.8. The van der Waals surface area contributed by atoms with Crippen molar-refractivity contribution in [3.05, 3.63) is 53.0 Å². The minimum Gasteiger partial charge on any atom is -0.251 e. The van der Waals surface area contributed by atoms with Crippen LogP contribution < -0.4 is 0 Å². The van der Waals surface area contributed by atoms with Crippen LogP contribution in [0.3, 0.4) is 0 Å². The summed E-state index contributed by atoms with van der Waals surface area (Å²) in [4.78, 5) is 6.45. The summed E-state index contributed by atoms with van der Waals surface area (Å²) in [6.07, 6.45) is 6.28. The van der Waals surface area contributed by atoms with Crippen LogP contribution in [-0.4, -0.2) is 4.98 Å². The molecule has 0 fully saturated rings. The fraction of sp³-hybridized carbons (Fsp3) is 0.409. The highest BCUT2D eigenvalue weighted by Crippen LogP contribution is 2.36. The van der Waals surface area contributed by atoms with Crippen LogP contribution in [0.15, 0.2) is 41.8 Å². The number of thiophene rings is 1. The van der Waals surface area contributed by atoms with Gasteiger partial charge in [-0.15, -0.1) is 11.3 Å². The van der Waals surface area contributed by atoms with Crippen LogP contribution in [0.25, 0.3) is 21.3 Å². The Labute approximate surface area is 149 Å². The van der Waals surface area contributed by atoms with Crippen molar-refractivity contribution in [2.24, 2.45) is 0 Å². The number of rotatable bonds is 7. The van der Waals surface area contributed by atoms with Crippen LogP contribution in [0.2, 0.25) is 0 Å². The van der Waals surface area contributed by atoms with E-state index in [9.17, 15) is 0 Å². The van der Waals surface area contributed by atoms with E-state index in [0.29, 0.717) is 5.92 Å². The molecule has 0 spiro atoms. The number of nitrogens with zero attached hydrogens (tertiary/aromatic N) is 1. The van der Waals surface area contributed by atoms with E-state index in [4.69, 9.17) is 4.98 Å². The third kappa shape index (κ3) is 3.54. The second kappa shape index (κ2) is 7.94. The number of aryl methyl sites for hydroxylation is 1. The molecule has 1 nitrogen and oxygen atoms in total. The summed E-state index contributed by atoms with van der Waals surface area (Å²) in [5.41, 5.74) is 3.88. The summed E-state index contributed by atoms with van der Waals surface area (Å²) in [6.45, 7) is 6.76. The van der Waals surface area contributed by atoms with Gasteiger partial charge in [0.2, 0.25) is 0 Å². The average Bonchev–Trinajstić information content (AvgIpc) is 3.12. The SMILES string of the molecule is CCCCCCc1c(-c2cccs2)nc(C(C)C)c2ccccc12. The molecule has 0 aliphatic rings. The van der Waals surface area contributed by atoms with Gasteiger partial charge in [-0.2, -0.15) is 0 Å². The molecule has 2 aromatic heterocycles. The monoisotopic (exact) mass is 337 g/mol. The molecule has 0 saturated carbocycles. The number of fused-ring (bicyclic) bond motifs is 1. The van der Waals surface area contributed by atoms with Crippen molar-refractivity contribution in [1.29, 1.82) is 0 Å². The smallest absolute Gasteiger partial charge is 0.0843 e. The molecule has 0 bridgehead atoms. The lowest BCUT2D eigenvalue weighted by atomic mass is 9.93. The number of hydrogen-bond donors (Lipinski definition) is 0. The van der Waals surface area contributed by atoms with Crippen molar-refractivity contribution in [3.63, 3.8) is 0 Å². The fourth-order valence-corrected chi connectivity index (χ4v) is 4.13. The largest absolute Gasteiger partial charge is 0.251 e. The maximum atomic E-state index is 5.15. The van der Waals surface area contributed by atoms with Crippen LogP contribution in [0.4, 0.5) is 0 Å². The first-order valence-electron chi connectivity index (χ1n) is 9.17. The molecule has 0 radical (unpaired) electrons. The Morgan fingerprint density at radius 1 is 0.958 bits per heavy atom. The molecule has 3 rings (SSSR count). The van der Waals surface area contributed by atoms with E-state index < -0.39 is 0 Å². The van der Waals surface area contributed by atoms with Crippen LogP contribution in [0.5, 0.6) is 0 Å². The lowest BCUT2D eigenvalue weighted by Crippen LogP contribution is -2.02. The van der Waals surface area contributed by atoms with Crippen molar-refractivity contribution in [1.82, 2.24) is 4.98 Å². The van der Waals surface area contributed by atoms with E-state index in [1.54, 1.807) is 11.3 Å². The lowest BCUT2D eigenvalue weighted by molar-refractivity contribution is 0.667. The summed E-state index contributed by atoms with van der Waals surface area (Å²) in [6, 6.07) is 13.2. The Bertz CT molecular complexity index is 787. The van der Waals surface area contributed by atoms with E-state index in [1.165, 1.54) is 58.3 Å². The molecule has 0 saturated heterocycles. The standard InChI is InChI=1S/C22H27NS/c1-4-5-6-7-12-19-17-11-8-9-13-18(17)21(16(2)3)23-22(19)20-14-10-15-24-20/h8-11,13-16H,4-7,12H2,1-3H3. The first-order chi connectivity index (χ1) is 11.7. The Kier molecular flexibility index (Phi) is 5.68. The number of pyridine rings is 1. The molecule has 0 amide bonds. The van der Waals surface area contributed by atoms with E-state index in [2.05, 4.69) is 62.5 Å². The molecule has 126 valence electrons. The van der Waals surface area contributed by atoms with Gasteiger partial charge in [-0.3, -0.25) is 4.98 Å². The van der Waals surface area contributed by atoms with Gasteiger partial charge in [0.15, 0.2) is 0 Å². The number of hydrogen-bond acceptors (Lipinski definition) is 2. The molecular formula is C22H27NS. The molecule has 0 unspecified atom stereocenters. The highest BCUT2D eigenvalue weighted by molar-refractivity contribution is 7.13. The molecule has 0 N–H and O–H groups in total. The van der Waals surface area contributed by atoms with Crippen LogP contribution in [-0.2, 0) is 6.42 Å². The van der Waals surface area contributed by atoms with Crippen molar-refractivity contribution in [3.8, 4) is 10.6 Å². The van der Waals surface area contributed by atoms with Gasteiger partial charge in [-0.05, 0) is 41.2 Å². The zero-order chi connectivity index (χ0) is 16.9. The molecule has 2 heteroatoms. The number of benzene rings is 1. The third-order valence-electron chi connectivity index (χ3n) is 4.63. The Morgan fingerprint density at radius 3 is 2.42 bits per heavy atom. The summed E-state index contributed by atoms with van der Waals surface area (Å²) in [5.74, 6) is 0.433. The first-order valence-corrected chi connectivity index (χ1v) is 10.1. The second-order valence-corrected chi connectivity index (χ2v) is 7.76. The molecule has 2 heterocycles. The van der Waals surface area contributed by atoms with E-state index >= 15 is 0 Å². The van der Waals surface area contributed by atoms with Gasteiger partial charge in [-0.1, -0.05) is 70.4 Å². The van der Waals surface area contributed by atoms with Crippen LogP contribution >= 0.6 is 11.3 Å². The highest BCUT2D eigenvalue weighted by Gasteiger charge is 2.17. The lowest BCUT2D eigenvalue weighted by Gasteiger charge is -2.17.